The fourth-order valence-corrected chi connectivity index (χ4v) is 0.629. The van der Waals surface area contributed by atoms with Crippen molar-refractivity contribution in [3.63, 3.8) is 0 Å². The Morgan fingerprint density at radius 3 is 2.43 bits per heavy atom. The molecule has 0 bridgehead atoms. The van der Waals surface area contributed by atoms with Crippen LogP contribution in [0.2, 0.25) is 0 Å². The predicted octanol–water partition coefficient (Wildman–Crippen LogP) is -0.237. The standard InChI is InChI=1S/C7H13F3N2O2/c1-2-4(11)6(14)12-3-5(13)7(8,9)10/h4-5,13H,2-3,11H2,1H3,(H,12,14)/t4-,5?/m1/s1. The Morgan fingerprint density at radius 2 is 2.07 bits per heavy atom. The summed E-state index contributed by atoms with van der Waals surface area (Å²) in [4.78, 5) is 10.9. The van der Waals surface area contributed by atoms with Gasteiger partial charge in [0.15, 0.2) is 6.10 Å². The molecule has 0 spiro atoms. The topological polar surface area (TPSA) is 75.4 Å². The van der Waals surface area contributed by atoms with E-state index < -0.39 is 30.8 Å². The van der Waals surface area contributed by atoms with Crippen LogP contribution in [0.15, 0.2) is 0 Å². The summed E-state index contributed by atoms with van der Waals surface area (Å²) in [7, 11) is 0. The highest BCUT2D eigenvalue weighted by molar-refractivity contribution is 5.81. The lowest BCUT2D eigenvalue weighted by molar-refractivity contribution is -0.201. The normalized spacial score (nSPS) is 16.1. The highest BCUT2D eigenvalue weighted by atomic mass is 19.4. The zero-order chi connectivity index (χ0) is 11.4. The SMILES string of the molecule is CC[C@@H](N)C(=O)NCC(O)C(F)(F)F. The smallest absolute Gasteiger partial charge is 0.382 e. The maximum atomic E-state index is 11.8. The van der Waals surface area contributed by atoms with E-state index in [9.17, 15) is 18.0 Å². The molecule has 0 fully saturated rings. The molecule has 0 aliphatic rings. The molecule has 0 saturated carbocycles. The maximum Gasteiger partial charge on any atom is 0.416 e. The molecule has 0 aromatic heterocycles. The molecule has 1 amide bonds. The molecule has 0 rings (SSSR count). The number of aliphatic hydroxyl groups excluding tert-OH is 1. The number of alkyl halides is 3. The van der Waals surface area contributed by atoms with Gasteiger partial charge >= 0.3 is 6.18 Å². The summed E-state index contributed by atoms with van der Waals surface area (Å²) in [6, 6.07) is -0.838. The summed E-state index contributed by atoms with van der Waals surface area (Å²) in [5.41, 5.74) is 5.24. The second-order valence-corrected chi connectivity index (χ2v) is 2.82. The van der Waals surface area contributed by atoms with Crippen LogP contribution in [-0.4, -0.2) is 35.9 Å². The third-order valence-electron chi connectivity index (χ3n) is 1.62. The Labute approximate surface area is 79.3 Å². The van der Waals surface area contributed by atoms with Crippen LogP contribution < -0.4 is 11.1 Å². The molecular weight excluding hydrogens is 201 g/mol. The summed E-state index contributed by atoms with van der Waals surface area (Å²) in [5, 5.41) is 10.4. The Kier molecular flexibility index (Phi) is 4.86. The zero-order valence-corrected chi connectivity index (χ0v) is 7.64. The summed E-state index contributed by atoms with van der Waals surface area (Å²) in [5.74, 6) is -0.698. The first-order chi connectivity index (χ1) is 6.29. The molecule has 4 nitrogen and oxygen atoms in total. The van der Waals surface area contributed by atoms with Crippen LogP contribution in [0.1, 0.15) is 13.3 Å². The Balaban J connectivity index is 3.89. The first-order valence-electron chi connectivity index (χ1n) is 4.07. The number of amides is 1. The van der Waals surface area contributed by atoms with E-state index in [-0.39, 0.29) is 0 Å². The van der Waals surface area contributed by atoms with Gasteiger partial charge in [0.25, 0.3) is 0 Å². The fourth-order valence-electron chi connectivity index (χ4n) is 0.629. The molecule has 2 atom stereocenters. The summed E-state index contributed by atoms with van der Waals surface area (Å²) >= 11 is 0. The number of nitrogens with two attached hydrogens (primary N) is 1. The van der Waals surface area contributed by atoms with Gasteiger partial charge in [-0.05, 0) is 6.42 Å². The first kappa shape index (κ1) is 13.2. The molecule has 1 unspecified atom stereocenters. The first-order valence-corrected chi connectivity index (χ1v) is 4.07. The number of carbonyl (C=O) groups is 1. The Hall–Kier alpha value is -0.820. The van der Waals surface area contributed by atoms with E-state index in [0.29, 0.717) is 6.42 Å². The van der Waals surface area contributed by atoms with Gasteiger partial charge in [0.05, 0.1) is 12.6 Å². The zero-order valence-electron chi connectivity index (χ0n) is 7.64. The number of hydrogen-bond donors (Lipinski definition) is 3. The average molecular weight is 214 g/mol. The number of carbonyl (C=O) groups excluding carboxylic acids is 1. The highest BCUT2D eigenvalue weighted by Gasteiger charge is 2.38. The van der Waals surface area contributed by atoms with E-state index in [4.69, 9.17) is 10.8 Å². The quantitative estimate of drug-likeness (QED) is 0.604. The van der Waals surface area contributed by atoms with Gasteiger partial charge in [-0.2, -0.15) is 13.2 Å². The van der Waals surface area contributed by atoms with Crippen LogP contribution in [0.3, 0.4) is 0 Å². The van der Waals surface area contributed by atoms with Gasteiger partial charge in [-0.1, -0.05) is 6.92 Å². The lowest BCUT2D eigenvalue weighted by Gasteiger charge is -2.16. The molecule has 0 aromatic carbocycles. The molecule has 0 radical (unpaired) electrons. The molecule has 0 heterocycles. The van der Waals surface area contributed by atoms with Gasteiger partial charge in [0.1, 0.15) is 0 Å². The van der Waals surface area contributed by atoms with Crippen molar-refractivity contribution in [2.45, 2.75) is 31.7 Å². The van der Waals surface area contributed by atoms with Gasteiger partial charge in [-0.3, -0.25) is 4.79 Å². The van der Waals surface area contributed by atoms with E-state index >= 15 is 0 Å². The molecule has 84 valence electrons. The summed E-state index contributed by atoms with van der Waals surface area (Å²) < 4.78 is 35.3. The minimum absolute atomic E-state index is 0.327. The van der Waals surface area contributed by atoms with Gasteiger partial charge in [-0.15, -0.1) is 0 Å². The van der Waals surface area contributed by atoms with E-state index in [2.05, 4.69) is 0 Å². The van der Waals surface area contributed by atoms with Crippen molar-refractivity contribution >= 4 is 5.91 Å². The van der Waals surface area contributed by atoms with Crippen LogP contribution in [0, 0.1) is 0 Å². The van der Waals surface area contributed by atoms with Crippen molar-refractivity contribution in [2.75, 3.05) is 6.54 Å². The van der Waals surface area contributed by atoms with Crippen molar-refractivity contribution in [1.29, 1.82) is 0 Å². The molecule has 0 aromatic rings. The Morgan fingerprint density at radius 1 is 1.57 bits per heavy atom. The van der Waals surface area contributed by atoms with E-state index in [1.54, 1.807) is 6.92 Å². The van der Waals surface area contributed by atoms with Crippen molar-refractivity contribution in [3.05, 3.63) is 0 Å². The van der Waals surface area contributed by atoms with Crippen LogP contribution in [0.25, 0.3) is 0 Å². The second kappa shape index (κ2) is 5.16. The number of halogens is 3. The minimum atomic E-state index is -4.72. The number of aliphatic hydroxyl groups is 1. The molecule has 7 heteroatoms. The predicted molar refractivity (Wildman–Crippen MR) is 43.3 cm³/mol. The van der Waals surface area contributed by atoms with Gasteiger partial charge in [0.2, 0.25) is 5.91 Å². The molecule has 0 aliphatic heterocycles. The van der Waals surface area contributed by atoms with Crippen LogP contribution in [0.4, 0.5) is 13.2 Å². The molecule has 0 aliphatic carbocycles. The number of hydrogen-bond acceptors (Lipinski definition) is 3. The fraction of sp³-hybridized carbons (Fsp3) is 0.857. The van der Waals surface area contributed by atoms with Gasteiger partial charge < -0.3 is 16.2 Å². The lowest BCUT2D eigenvalue weighted by atomic mass is 10.2. The number of nitrogens with one attached hydrogen (secondary N) is 1. The third kappa shape index (κ3) is 4.43. The summed E-state index contributed by atoms with van der Waals surface area (Å²) in [6.45, 7) is 0.764. The van der Waals surface area contributed by atoms with Crippen molar-refractivity contribution in [2.24, 2.45) is 5.73 Å². The Bertz CT molecular complexity index is 196. The maximum absolute atomic E-state index is 11.8. The van der Waals surface area contributed by atoms with E-state index in [0.717, 1.165) is 0 Å². The van der Waals surface area contributed by atoms with Crippen molar-refractivity contribution in [1.82, 2.24) is 5.32 Å². The van der Waals surface area contributed by atoms with E-state index in [1.807, 2.05) is 5.32 Å². The molecule has 0 saturated heterocycles. The largest absolute Gasteiger partial charge is 0.416 e. The lowest BCUT2D eigenvalue weighted by Crippen LogP contribution is -2.46. The van der Waals surface area contributed by atoms with Gasteiger partial charge in [-0.25, -0.2) is 0 Å². The highest BCUT2D eigenvalue weighted by Crippen LogP contribution is 2.19. The van der Waals surface area contributed by atoms with Crippen LogP contribution in [0.5, 0.6) is 0 Å². The average Bonchev–Trinajstić information content (AvgIpc) is 2.10. The molecular formula is C7H13F3N2O2. The van der Waals surface area contributed by atoms with Crippen molar-refractivity contribution in [3.8, 4) is 0 Å². The van der Waals surface area contributed by atoms with E-state index in [1.165, 1.54) is 0 Å². The van der Waals surface area contributed by atoms with Crippen LogP contribution in [-0.2, 0) is 4.79 Å². The second-order valence-electron chi connectivity index (χ2n) is 2.82. The molecule has 4 N–H and O–H groups in total. The van der Waals surface area contributed by atoms with Crippen LogP contribution >= 0.6 is 0 Å². The van der Waals surface area contributed by atoms with Crippen molar-refractivity contribution < 1.29 is 23.1 Å². The third-order valence-corrected chi connectivity index (χ3v) is 1.62. The van der Waals surface area contributed by atoms with Gasteiger partial charge in [0, 0.05) is 0 Å². The number of rotatable bonds is 4. The summed E-state index contributed by atoms with van der Waals surface area (Å²) in [6.07, 6.45) is -6.94. The molecule has 14 heavy (non-hydrogen) atoms. The monoisotopic (exact) mass is 214 g/mol. The minimum Gasteiger partial charge on any atom is -0.382 e.